The summed E-state index contributed by atoms with van der Waals surface area (Å²) in [6.07, 6.45) is 2.03. The highest BCUT2D eigenvalue weighted by Crippen LogP contribution is 2.52. The molecule has 2 aliphatic heterocycles. The minimum atomic E-state index is -0.478. The number of guanidine groups is 1. The maximum atomic E-state index is 12.0. The van der Waals surface area contributed by atoms with Crippen LogP contribution < -0.4 is 10.6 Å². The van der Waals surface area contributed by atoms with Gasteiger partial charge in [0.15, 0.2) is 5.96 Å². The molecule has 3 aliphatic rings. The van der Waals surface area contributed by atoms with Crippen LogP contribution in [0.4, 0.5) is 4.79 Å². The maximum Gasteiger partial charge on any atom is 0.407 e. The van der Waals surface area contributed by atoms with Gasteiger partial charge in [0.1, 0.15) is 5.60 Å². The summed E-state index contributed by atoms with van der Waals surface area (Å²) in [6.45, 7) is 15.5. The summed E-state index contributed by atoms with van der Waals surface area (Å²) in [5, 5.41) is 6.71. The number of aliphatic imine (C=N–C) groups is 1. The van der Waals surface area contributed by atoms with Crippen molar-refractivity contribution in [2.24, 2.45) is 16.3 Å². The zero-order valence-electron chi connectivity index (χ0n) is 17.7. The lowest BCUT2D eigenvalue weighted by Gasteiger charge is -2.55. The second kappa shape index (κ2) is 7.49. The first kappa shape index (κ1) is 20.2. The van der Waals surface area contributed by atoms with Gasteiger partial charge in [-0.25, -0.2) is 4.79 Å². The zero-order chi connectivity index (χ0) is 19.8. The van der Waals surface area contributed by atoms with Gasteiger partial charge in [-0.15, -0.1) is 0 Å². The van der Waals surface area contributed by atoms with Crippen LogP contribution in [0.2, 0.25) is 0 Å². The smallest absolute Gasteiger partial charge is 0.407 e. The summed E-state index contributed by atoms with van der Waals surface area (Å²) in [5.41, 5.74) is -0.363. The Morgan fingerprint density at radius 3 is 2.70 bits per heavy atom. The van der Waals surface area contributed by atoms with Crippen LogP contribution in [0, 0.1) is 11.3 Å². The van der Waals surface area contributed by atoms with Gasteiger partial charge in [-0.1, -0.05) is 13.8 Å². The molecule has 3 fully saturated rings. The van der Waals surface area contributed by atoms with Gasteiger partial charge >= 0.3 is 6.09 Å². The fraction of sp³-hybridized carbons (Fsp3) is 0.900. The van der Waals surface area contributed by atoms with Crippen molar-refractivity contribution in [1.82, 2.24) is 15.5 Å². The van der Waals surface area contributed by atoms with Gasteiger partial charge in [-0.3, -0.25) is 4.99 Å². The van der Waals surface area contributed by atoms with E-state index in [2.05, 4.69) is 36.3 Å². The summed E-state index contributed by atoms with van der Waals surface area (Å²) in [7, 11) is 0. The van der Waals surface area contributed by atoms with Crippen LogP contribution in [0.15, 0.2) is 4.99 Å². The van der Waals surface area contributed by atoms with Gasteiger partial charge in [-0.05, 0) is 40.5 Å². The number of amides is 1. The Balaban J connectivity index is 1.57. The summed E-state index contributed by atoms with van der Waals surface area (Å²) >= 11 is 0. The normalized spacial score (nSPS) is 32.7. The van der Waals surface area contributed by atoms with Crippen LogP contribution in [0.25, 0.3) is 0 Å². The predicted octanol–water partition coefficient (Wildman–Crippen LogP) is 2.36. The lowest BCUT2D eigenvalue weighted by Crippen LogP contribution is -2.68. The fourth-order valence-corrected chi connectivity index (χ4v) is 4.69. The third-order valence-electron chi connectivity index (χ3n) is 5.90. The number of nitrogens with one attached hydrogen (secondary N) is 2. The maximum absolute atomic E-state index is 12.0. The van der Waals surface area contributed by atoms with E-state index in [0.717, 1.165) is 45.0 Å². The van der Waals surface area contributed by atoms with Crippen molar-refractivity contribution in [1.29, 1.82) is 0 Å². The first-order chi connectivity index (χ1) is 12.6. The minimum absolute atomic E-state index is 0.0840. The average Bonchev–Trinajstić information content (AvgIpc) is 3.17. The van der Waals surface area contributed by atoms with E-state index in [1.54, 1.807) is 0 Å². The van der Waals surface area contributed by atoms with E-state index < -0.39 is 5.60 Å². The topological polar surface area (TPSA) is 75.2 Å². The number of likely N-dealkylation sites (tertiary alicyclic amines) is 1. The van der Waals surface area contributed by atoms with Crippen LogP contribution in [0.3, 0.4) is 0 Å². The Morgan fingerprint density at radius 2 is 2.04 bits per heavy atom. The van der Waals surface area contributed by atoms with Gasteiger partial charge in [0, 0.05) is 43.6 Å². The largest absolute Gasteiger partial charge is 0.444 e. The average molecular weight is 381 g/mol. The molecule has 0 aromatic carbocycles. The molecule has 3 rings (SSSR count). The van der Waals surface area contributed by atoms with E-state index in [9.17, 15) is 4.79 Å². The summed E-state index contributed by atoms with van der Waals surface area (Å²) in [5.74, 6) is 1.52. The molecule has 7 nitrogen and oxygen atoms in total. The first-order valence-corrected chi connectivity index (χ1v) is 10.3. The minimum Gasteiger partial charge on any atom is -0.444 e. The SMILES string of the molecule is CCN=C(NC1C2CCOC2C1(C)C)N1CCC(NC(=O)OC(C)(C)C)C1. The number of carbonyl (C=O) groups excluding carboxylic acids is 1. The van der Waals surface area contributed by atoms with Crippen molar-refractivity contribution in [2.75, 3.05) is 26.2 Å². The zero-order valence-corrected chi connectivity index (χ0v) is 17.7. The molecule has 0 bridgehead atoms. The third-order valence-corrected chi connectivity index (χ3v) is 5.90. The van der Waals surface area contributed by atoms with E-state index in [1.165, 1.54) is 0 Å². The summed E-state index contributed by atoms with van der Waals surface area (Å²) in [4.78, 5) is 19.0. The van der Waals surface area contributed by atoms with E-state index in [1.807, 2.05) is 20.8 Å². The second-order valence-electron chi connectivity index (χ2n) is 9.56. The van der Waals surface area contributed by atoms with Crippen molar-refractivity contribution in [3.63, 3.8) is 0 Å². The number of rotatable bonds is 3. The van der Waals surface area contributed by atoms with Crippen LogP contribution in [0.5, 0.6) is 0 Å². The van der Waals surface area contributed by atoms with Crippen LogP contribution in [0.1, 0.15) is 54.4 Å². The predicted molar refractivity (Wildman–Crippen MR) is 106 cm³/mol. The van der Waals surface area contributed by atoms with Crippen molar-refractivity contribution in [3.05, 3.63) is 0 Å². The van der Waals surface area contributed by atoms with E-state index in [-0.39, 0.29) is 17.6 Å². The lowest BCUT2D eigenvalue weighted by atomic mass is 9.57. The molecule has 2 N–H and O–H groups in total. The molecule has 0 aromatic heterocycles. The molecule has 1 aliphatic carbocycles. The highest BCUT2D eigenvalue weighted by Gasteiger charge is 2.59. The number of hydrogen-bond acceptors (Lipinski definition) is 4. The fourth-order valence-electron chi connectivity index (χ4n) is 4.69. The van der Waals surface area contributed by atoms with E-state index in [4.69, 9.17) is 14.5 Å². The highest BCUT2D eigenvalue weighted by atomic mass is 16.6. The number of carbonyl (C=O) groups is 1. The summed E-state index contributed by atoms with van der Waals surface area (Å²) in [6, 6.07) is 0.467. The number of fused-ring (bicyclic) bond motifs is 1. The van der Waals surface area contributed by atoms with Crippen molar-refractivity contribution >= 4 is 12.1 Å². The third kappa shape index (κ3) is 4.33. The quantitative estimate of drug-likeness (QED) is 0.581. The van der Waals surface area contributed by atoms with Crippen LogP contribution in [-0.2, 0) is 9.47 Å². The van der Waals surface area contributed by atoms with Crippen LogP contribution >= 0.6 is 0 Å². The molecule has 4 unspecified atom stereocenters. The Labute approximate surface area is 163 Å². The number of alkyl carbamates (subject to hydrolysis) is 1. The van der Waals surface area contributed by atoms with Gasteiger partial charge in [0.25, 0.3) is 0 Å². The first-order valence-electron chi connectivity index (χ1n) is 10.3. The Morgan fingerprint density at radius 1 is 1.30 bits per heavy atom. The van der Waals surface area contributed by atoms with Crippen LogP contribution in [-0.4, -0.2) is 67.0 Å². The van der Waals surface area contributed by atoms with Gasteiger partial charge < -0.3 is 25.0 Å². The Hall–Kier alpha value is -1.50. The molecular formula is C20H36N4O3. The molecule has 154 valence electrons. The second-order valence-corrected chi connectivity index (χ2v) is 9.56. The number of hydrogen-bond donors (Lipinski definition) is 2. The molecule has 1 saturated carbocycles. The molecule has 0 spiro atoms. The Bertz CT molecular complexity index is 584. The molecule has 7 heteroatoms. The molecular weight excluding hydrogens is 344 g/mol. The van der Waals surface area contributed by atoms with Crippen molar-refractivity contribution < 1.29 is 14.3 Å². The standard InChI is InChI=1S/C20H36N4O3/c1-7-21-17(23-15-14-9-11-26-16(14)20(15,5)6)24-10-8-13(12-24)22-18(25)27-19(2,3)4/h13-16H,7-12H2,1-6H3,(H,21,23)(H,22,25). The molecule has 4 atom stereocenters. The van der Waals surface area contributed by atoms with Gasteiger partial charge in [-0.2, -0.15) is 0 Å². The van der Waals surface area contributed by atoms with E-state index >= 15 is 0 Å². The Kier molecular flexibility index (Phi) is 5.62. The lowest BCUT2D eigenvalue weighted by molar-refractivity contribution is -0.107. The van der Waals surface area contributed by atoms with Gasteiger partial charge in [0.2, 0.25) is 0 Å². The monoisotopic (exact) mass is 380 g/mol. The van der Waals surface area contributed by atoms with Crippen molar-refractivity contribution in [2.45, 2.75) is 78.2 Å². The van der Waals surface area contributed by atoms with E-state index in [0.29, 0.717) is 18.1 Å². The van der Waals surface area contributed by atoms with Crippen molar-refractivity contribution in [3.8, 4) is 0 Å². The molecule has 27 heavy (non-hydrogen) atoms. The molecule has 0 radical (unpaired) electrons. The number of nitrogens with zero attached hydrogens (tertiary/aromatic N) is 2. The molecule has 1 amide bonds. The highest BCUT2D eigenvalue weighted by molar-refractivity contribution is 5.81. The van der Waals surface area contributed by atoms with Gasteiger partial charge in [0.05, 0.1) is 12.1 Å². The molecule has 2 saturated heterocycles. The molecule has 2 heterocycles. The number of ether oxygens (including phenoxy) is 2. The summed E-state index contributed by atoms with van der Waals surface area (Å²) < 4.78 is 11.3. The molecule has 0 aromatic rings.